The van der Waals surface area contributed by atoms with Crippen LogP contribution in [0.25, 0.3) is 10.2 Å². The van der Waals surface area contributed by atoms with Crippen molar-refractivity contribution in [2.45, 2.75) is 68.2 Å². The second-order valence-electron chi connectivity index (χ2n) is 9.95. The summed E-state index contributed by atoms with van der Waals surface area (Å²) in [6, 6.07) is 9.92. The smallest absolute Gasteiger partial charge is 0.251 e. The number of halogens is 1. The highest BCUT2D eigenvalue weighted by Crippen LogP contribution is 2.62. The van der Waals surface area contributed by atoms with Crippen LogP contribution in [0, 0.1) is 5.41 Å². The second kappa shape index (κ2) is 7.75. The second-order valence-corrected chi connectivity index (χ2v) is 13.3. The van der Waals surface area contributed by atoms with Crippen molar-refractivity contribution in [1.82, 2.24) is 15.3 Å². The molecule has 0 unspecified atom stereocenters. The van der Waals surface area contributed by atoms with Gasteiger partial charge in [0.2, 0.25) is 0 Å². The molecule has 3 aromatic rings. The predicted molar refractivity (Wildman–Crippen MR) is 129 cm³/mol. The third-order valence-corrected chi connectivity index (χ3v) is 8.65. The lowest BCUT2D eigenvalue weighted by Crippen LogP contribution is -2.55. The lowest BCUT2D eigenvalue weighted by molar-refractivity contribution is -0.0187. The van der Waals surface area contributed by atoms with Crippen LogP contribution in [0.1, 0.15) is 67.7 Å². The van der Waals surface area contributed by atoms with Gasteiger partial charge in [0.05, 0.1) is 20.3 Å². The number of pyridine rings is 1. The van der Waals surface area contributed by atoms with E-state index in [1.807, 2.05) is 18.2 Å². The average Bonchev–Trinajstić information content (AvgIpc) is 3.03. The van der Waals surface area contributed by atoms with Crippen LogP contribution in [0.3, 0.4) is 0 Å². The van der Waals surface area contributed by atoms with E-state index < -0.39 is 0 Å². The maximum absolute atomic E-state index is 12.7. The number of thiazole rings is 1. The van der Waals surface area contributed by atoms with Crippen LogP contribution < -0.4 is 5.32 Å². The van der Waals surface area contributed by atoms with Crippen molar-refractivity contribution >= 4 is 50.8 Å². The number of nitrogens with zero attached hydrogens (tertiary/aromatic N) is 2. The summed E-state index contributed by atoms with van der Waals surface area (Å²) in [6.07, 6.45) is 6.22. The Balaban J connectivity index is 1.15. The van der Waals surface area contributed by atoms with Crippen molar-refractivity contribution in [3.8, 4) is 0 Å². The molecule has 2 aromatic heterocycles. The minimum absolute atomic E-state index is 0.0111. The molecule has 0 aliphatic heterocycles. The first-order valence-electron chi connectivity index (χ1n) is 10.7. The van der Waals surface area contributed by atoms with E-state index in [1.54, 1.807) is 35.4 Å². The van der Waals surface area contributed by atoms with Crippen molar-refractivity contribution in [2.24, 2.45) is 5.41 Å². The predicted octanol–water partition coefficient (Wildman–Crippen LogP) is 6.69. The summed E-state index contributed by atoms with van der Waals surface area (Å²) in [7, 11) is 0. The molecule has 7 heteroatoms. The van der Waals surface area contributed by atoms with Crippen molar-refractivity contribution < 1.29 is 4.79 Å². The topological polar surface area (TPSA) is 54.9 Å². The summed E-state index contributed by atoms with van der Waals surface area (Å²) >= 11 is 9.57. The lowest BCUT2D eigenvalue weighted by Gasteiger charge is -2.57. The van der Waals surface area contributed by atoms with E-state index in [0.29, 0.717) is 16.9 Å². The number of rotatable bonds is 4. The summed E-state index contributed by atoms with van der Waals surface area (Å²) < 4.78 is 1.28. The molecule has 4 nitrogen and oxygen atoms in total. The molecule has 2 aliphatic rings. The zero-order valence-corrected chi connectivity index (χ0v) is 20.3. The number of nitrogens with one attached hydrogen (secondary N) is 1. The standard InChI is InChI=1S/C24H26ClN3OS2/c1-23(2,3)31-20-8-14(6-7-26-20)21(29)27-17-12-24(13-17)10-15(11-24)22-28-18-9-16(25)4-5-19(18)30-22/h4-9,15,17H,10-13H2,1-3H3,(H,27,29). The number of carbonyl (C=O) groups is 1. The highest BCUT2D eigenvalue weighted by molar-refractivity contribution is 8.00. The van der Waals surface area contributed by atoms with Gasteiger partial charge in [-0.1, -0.05) is 32.4 Å². The average molecular weight is 472 g/mol. The molecular weight excluding hydrogens is 446 g/mol. The molecule has 2 aliphatic carbocycles. The fourth-order valence-electron chi connectivity index (χ4n) is 4.86. The first-order chi connectivity index (χ1) is 14.7. The zero-order chi connectivity index (χ0) is 21.8. The van der Waals surface area contributed by atoms with Gasteiger partial charge in [0.1, 0.15) is 0 Å². The highest BCUT2D eigenvalue weighted by atomic mass is 35.5. The summed E-state index contributed by atoms with van der Waals surface area (Å²) in [5.41, 5.74) is 2.10. The number of carbonyl (C=O) groups excluding carboxylic acids is 1. The van der Waals surface area contributed by atoms with E-state index in [1.165, 1.54) is 22.5 Å². The monoisotopic (exact) mass is 471 g/mol. The highest BCUT2D eigenvalue weighted by Gasteiger charge is 2.54. The zero-order valence-electron chi connectivity index (χ0n) is 17.9. The third kappa shape index (κ3) is 4.48. The van der Waals surface area contributed by atoms with Crippen LogP contribution in [-0.2, 0) is 0 Å². The summed E-state index contributed by atoms with van der Waals surface area (Å²) in [4.78, 5) is 21.9. The minimum Gasteiger partial charge on any atom is -0.349 e. The van der Waals surface area contributed by atoms with Gasteiger partial charge in [0.15, 0.2) is 0 Å². The van der Waals surface area contributed by atoms with Crippen LogP contribution in [0.5, 0.6) is 0 Å². The summed E-state index contributed by atoms with van der Waals surface area (Å²) in [6.45, 7) is 6.44. The van der Waals surface area contributed by atoms with Gasteiger partial charge in [-0.15, -0.1) is 23.1 Å². The Hall–Kier alpha value is -1.63. The van der Waals surface area contributed by atoms with E-state index in [-0.39, 0.29) is 16.7 Å². The number of hydrogen-bond donors (Lipinski definition) is 1. The number of benzene rings is 1. The van der Waals surface area contributed by atoms with Crippen LogP contribution in [0.4, 0.5) is 0 Å². The van der Waals surface area contributed by atoms with E-state index in [4.69, 9.17) is 16.6 Å². The SMILES string of the molecule is CC(C)(C)Sc1cc(C(=O)NC2CC3(C2)CC(c2nc4cc(Cl)ccc4s2)C3)ccn1. The quantitative estimate of drug-likeness (QED) is 0.430. The first-order valence-corrected chi connectivity index (χ1v) is 12.7. The Bertz CT molecular complexity index is 1140. The number of hydrogen-bond acceptors (Lipinski definition) is 5. The number of aromatic nitrogens is 2. The summed E-state index contributed by atoms with van der Waals surface area (Å²) in [5, 5.41) is 6.09. The minimum atomic E-state index is 0.0111. The fraction of sp³-hybridized carbons (Fsp3) is 0.458. The van der Waals surface area contributed by atoms with Gasteiger partial charge in [-0.2, -0.15) is 0 Å². The molecule has 2 heterocycles. The fourth-order valence-corrected chi connectivity index (χ4v) is 7.00. The number of amides is 1. The lowest BCUT2D eigenvalue weighted by atomic mass is 9.50. The number of fused-ring (bicyclic) bond motifs is 1. The molecule has 0 atom stereocenters. The van der Waals surface area contributed by atoms with Gasteiger partial charge < -0.3 is 5.32 Å². The molecule has 162 valence electrons. The van der Waals surface area contributed by atoms with Gasteiger partial charge >= 0.3 is 0 Å². The van der Waals surface area contributed by atoms with E-state index in [0.717, 1.165) is 28.4 Å². The van der Waals surface area contributed by atoms with Crippen LogP contribution >= 0.6 is 34.7 Å². The van der Waals surface area contributed by atoms with E-state index in [9.17, 15) is 4.79 Å². The maximum atomic E-state index is 12.7. The van der Waals surface area contributed by atoms with Gasteiger partial charge in [0.25, 0.3) is 5.91 Å². The van der Waals surface area contributed by atoms with Crippen molar-refractivity contribution in [2.75, 3.05) is 0 Å². The Kier molecular flexibility index (Phi) is 5.31. The van der Waals surface area contributed by atoms with Gasteiger partial charge in [-0.25, -0.2) is 9.97 Å². The van der Waals surface area contributed by atoms with Gasteiger partial charge in [-0.3, -0.25) is 4.79 Å². The molecule has 2 fully saturated rings. The molecule has 0 saturated heterocycles. The molecule has 5 rings (SSSR count). The molecular formula is C24H26ClN3OS2. The van der Waals surface area contributed by atoms with Crippen LogP contribution in [-0.4, -0.2) is 26.7 Å². The molecule has 0 radical (unpaired) electrons. The molecule has 1 amide bonds. The molecule has 0 bridgehead atoms. The number of thioether (sulfide) groups is 1. The molecule has 31 heavy (non-hydrogen) atoms. The molecule has 1 aromatic carbocycles. The Labute approximate surface area is 196 Å². The summed E-state index contributed by atoms with van der Waals surface area (Å²) in [5.74, 6) is 0.557. The van der Waals surface area contributed by atoms with Gasteiger partial charge in [0, 0.05) is 33.5 Å². The first kappa shape index (κ1) is 21.2. The Morgan fingerprint density at radius 2 is 1.97 bits per heavy atom. The molecule has 2 saturated carbocycles. The van der Waals surface area contributed by atoms with Crippen molar-refractivity contribution in [3.63, 3.8) is 0 Å². The third-order valence-electron chi connectivity index (χ3n) is 6.18. The van der Waals surface area contributed by atoms with Crippen molar-refractivity contribution in [1.29, 1.82) is 0 Å². The van der Waals surface area contributed by atoms with Crippen LogP contribution in [0.15, 0.2) is 41.6 Å². The van der Waals surface area contributed by atoms with Crippen molar-refractivity contribution in [3.05, 3.63) is 52.1 Å². The van der Waals surface area contributed by atoms with E-state index >= 15 is 0 Å². The molecule has 1 spiro atoms. The molecule has 1 N–H and O–H groups in total. The van der Waals surface area contributed by atoms with Crippen LogP contribution in [0.2, 0.25) is 5.02 Å². The Morgan fingerprint density at radius 3 is 2.71 bits per heavy atom. The largest absolute Gasteiger partial charge is 0.349 e. The maximum Gasteiger partial charge on any atom is 0.251 e. The van der Waals surface area contributed by atoms with Gasteiger partial charge in [-0.05, 0) is 61.4 Å². The Morgan fingerprint density at radius 1 is 1.19 bits per heavy atom. The van der Waals surface area contributed by atoms with E-state index in [2.05, 4.69) is 37.1 Å². The normalized spacial score (nSPS) is 25.3.